The van der Waals surface area contributed by atoms with Crippen LogP contribution in [0.3, 0.4) is 0 Å². The minimum absolute atomic E-state index is 0.226. The Bertz CT molecular complexity index is 684. The van der Waals surface area contributed by atoms with Crippen molar-refractivity contribution in [1.82, 2.24) is 0 Å². The lowest BCUT2D eigenvalue weighted by molar-refractivity contribution is -0.206. The first-order valence-electron chi connectivity index (χ1n) is 9.47. The van der Waals surface area contributed by atoms with E-state index in [4.69, 9.17) is 14.2 Å². The summed E-state index contributed by atoms with van der Waals surface area (Å²) >= 11 is 0. The van der Waals surface area contributed by atoms with Gasteiger partial charge in [-0.1, -0.05) is 20.4 Å². The van der Waals surface area contributed by atoms with E-state index in [1.807, 2.05) is 13.8 Å². The van der Waals surface area contributed by atoms with E-state index in [1.165, 1.54) is 6.08 Å². The van der Waals surface area contributed by atoms with Gasteiger partial charge >= 0.3 is 11.9 Å². The van der Waals surface area contributed by atoms with Gasteiger partial charge in [0.1, 0.15) is 12.2 Å². The molecule has 0 radical (unpaired) electrons. The van der Waals surface area contributed by atoms with E-state index in [9.17, 15) is 19.8 Å². The highest BCUT2D eigenvalue weighted by Crippen LogP contribution is 2.47. The summed E-state index contributed by atoms with van der Waals surface area (Å²) in [6.45, 7) is 8.93. The van der Waals surface area contributed by atoms with Gasteiger partial charge < -0.3 is 24.4 Å². The zero-order chi connectivity index (χ0) is 20.0. The number of hydrogen-bond acceptors (Lipinski definition) is 7. The Morgan fingerprint density at radius 3 is 2.81 bits per heavy atom. The summed E-state index contributed by atoms with van der Waals surface area (Å²) in [6, 6.07) is 0. The number of hydrogen-bond donors (Lipinski definition) is 2. The van der Waals surface area contributed by atoms with Crippen molar-refractivity contribution in [1.29, 1.82) is 0 Å². The zero-order valence-electron chi connectivity index (χ0n) is 16.1. The van der Waals surface area contributed by atoms with E-state index in [2.05, 4.69) is 6.58 Å². The number of carbonyl (C=O) groups excluding carboxylic acids is 2. The fourth-order valence-corrected chi connectivity index (χ4v) is 4.10. The van der Waals surface area contributed by atoms with Crippen molar-refractivity contribution in [2.75, 3.05) is 6.61 Å². The van der Waals surface area contributed by atoms with Crippen LogP contribution < -0.4 is 0 Å². The van der Waals surface area contributed by atoms with Crippen molar-refractivity contribution in [3.05, 3.63) is 23.8 Å². The summed E-state index contributed by atoms with van der Waals surface area (Å²) in [5, 5.41) is 20.7. The van der Waals surface area contributed by atoms with Crippen LogP contribution in [-0.4, -0.2) is 52.4 Å². The second kappa shape index (κ2) is 7.04. The van der Waals surface area contributed by atoms with Crippen LogP contribution in [0.2, 0.25) is 0 Å². The van der Waals surface area contributed by atoms with Crippen LogP contribution in [0.4, 0.5) is 0 Å². The second-order valence-electron chi connectivity index (χ2n) is 8.10. The van der Waals surface area contributed by atoms with Gasteiger partial charge in [-0.05, 0) is 25.8 Å². The van der Waals surface area contributed by atoms with Crippen molar-refractivity contribution in [3.63, 3.8) is 0 Å². The molecule has 2 fully saturated rings. The molecule has 0 aromatic carbocycles. The van der Waals surface area contributed by atoms with Crippen LogP contribution in [0.5, 0.6) is 0 Å². The SMILES string of the molecule is C=C1C(=O)O[C@@H]2/C=C(/CO)[C@]3(O)CC[C@@](C)(C[C@@H](OC(=O)[C@H](C)CC)[C@@H]12)O3. The highest BCUT2D eigenvalue weighted by molar-refractivity contribution is 5.91. The third-order valence-corrected chi connectivity index (χ3v) is 6.02. The first-order chi connectivity index (χ1) is 12.6. The minimum atomic E-state index is -1.63. The predicted molar refractivity (Wildman–Crippen MR) is 95.3 cm³/mol. The number of ether oxygens (including phenoxy) is 3. The zero-order valence-corrected chi connectivity index (χ0v) is 16.1. The Labute approximate surface area is 159 Å². The molecule has 0 aliphatic carbocycles. The van der Waals surface area contributed by atoms with Crippen molar-refractivity contribution in [3.8, 4) is 0 Å². The second-order valence-corrected chi connectivity index (χ2v) is 8.10. The van der Waals surface area contributed by atoms with Crippen LogP contribution in [0.25, 0.3) is 0 Å². The summed E-state index contributed by atoms with van der Waals surface area (Å²) in [4.78, 5) is 24.6. The number of aliphatic hydroxyl groups is 2. The fraction of sp³-hybridized carbons (Fsp3) is 0.700. The standard InChI is InChI=1S/C20H28O7/c1-5-11(2)17(22)26-15-9-19(4)6-7-20(24,27-19)13(10-21)8-14-16(15)12(3)18(23)25-14/h8,11,14-16,21,24H,3,5-7,9-10H2,1-2,4H3/b13-8-/t11-,14-,15-,16+,19+,20+/m1/s1. The van der Waals surface area contributed by atoms with E-state index < -0.39 is 42.1 Å². The van der Waals surface area contributed by atoms with Gasteiger partial charge in [0.25, 0.3) is 0 Å². The van der Waals surface area contributed by atoms with Gasteiger partial charge in [-0.2, -0.15) is 0 Å². The van der Waals surface area contributed by atoms with Crippen molar-refractivity contribution in [2.45, 2.75) is 70.1 Å². The number of esters is 2. The monoisotopic (exact) mass is 380 g/mol. The first-order valence-corrected chi connectivity index (χ1v) is 9.47. The number of fused-ring (bicyclic) bond motifs is 3. The molecule has 0 aromatic heterocycles. The number of rotatable bonds is 4. The maximum Gasteiger partial charge on any atom is 0.334 e. The smallest absolute Gasteiger partial charge is 0.334 e. The Hall–Kier alpha value is -1.70. The first kappa shape index (κ1) is 20.0. The van der Waals surface area contributed by atoms with Crippen LogP contribution >= 0.6 is 0 Å². The molecule has 0 saturated carbocycles. The minimum Gasteiger partial charge on any atom is -0.461 e. The quantitative estimate of drug-likeness (QED) is 0.434. The maximum atomic E-state index is 12.5. The van der Waals surface area contributed by atoms with Gasteiger partial charge in [-0.3, -0.25) is 4.79 Å². The van der Waals surface area contributed by atoms with Crippen LogP contribution in [0, 0.1) is 11.8 Å². The average molecular weight is 380 g/mol. The molecule has 3 aliphatic heterocycles. The molecule has 3 rings (SSSR count). The van der Waals surface area contributed by atoms with Crippen molar-refractivity contribution >= 4 is 11.9 Å². The van der Waals surface area contributed by atoms with Crippen molar-refractivity contribution in [2.24, 2.45) is 11.8 Å². The Morgan fingerprint density at radius 1 is 1.48 bits per heavy atom. The molecule has 7 heteroatoms. The third-order valence-electron chi connectivity index (χ3n) is 6.02. The average Bonchev–Trinajstić information content (AvgIpc) is 3.08. The summed E-state index contributed by atoms with van der Waals surface area (Å²) < 4.78 is 17.2. The van der Waals surface area contributed by atoms with Crippen LogP contribution in [0.1, 0.15) is 46.5 Å². The molecule has 6 atom stereocenters. The molecule has 150 valence electrons. The van der Waals surface area contributed by atoms with E-state index in [0.29, 0.717) is 25.7 Å². The summed E-state index contributed by atoms with van der Waals surface area (Å²) in [5.41, 5.74) is -0.300. The largest absolute Gasteiger partial charge is 0.461 e. The van der Waals surface area contributed by atoms with Gasteiger partial charge in [0.15, 0.2) is 5.79 Å². The summed E-state index contributed by atoms with van der Waals surface area (Å²) in [7, 11) is 0. The lowest BCUT2D eigenvalue weighted by atomic mass is 9.81. The Morgan fingerprint density at radius 2 is 2.19 bits per heavy atom. The molecule has 3 aliphatic rings. The molecular weight excluding hydrogens is 352 g/mol. The van der Waals surface area contributed by atoms with Gasteiger partial charge in [0.2, 0.25) is 0 Å². The Balaban J connectivity index is 2.03. The van der Waals surface area contributed by atoms with Crippen LogP contribution in [0.15, 0.2) is 23.8 Å². The maximum absolute atomic E-state index is 12.5. The predicted octanol–water partition coefficient (Wildman–Crippen LogP) is 1.62. The third kappa shape index (κ3) is 3.56. The molecule has 2 bridgehead atoms. The fourth-order valence-electron chi connectivity index (χ4n) is 4.10. The molecule has 0 spiro atoms. The van der Waals surface area contributed by atoms with E-state index in [0.717, 1.165) is 0 Å². The Kier molecular flexibility index (Phi) is 5.22. The molecular formula is C20H28O7. The molecule has 2 saturated heterocycles. The lowest BCUT2D eigenvalue weighted by Gasteiger charge is -2.33. The molecule has 7 nitrogen and oxygen atoms in total. The lowest BCUT2D eigenvalue weighted by Crippen LogP contribution is -2.41. The highest BCUT2D eigenvalue weighted by atomic mass is 16.6. The van der Waals surface area contributed by atoms with Crippen LogP contribution in [-0.2, 0) is 23.8 Å². The number of carbonyl (C=O) groups is 2. The normalized spacial score (nSPS) is 41.5. The van der Waals surface area contributed by atoms with Gasteiger partial charge in [0.05, 0.1) is 24.0 Å². The molecule has 0 unspecified atom stereocenters. The molecule has 2 N–H and O–H groups in total. The van der Waals surface area contributed by atoms with E-state index >= 15 is 0 Å². The molecule has 0 amide bonds. The van der Waals surface area contributed by atoms with Gasteiger partial charge in [0, 0.05) is 24.0 Å². The summed E-state index contributed by atoms with van der Waals surface area (Å²) in [5.74, 6) is -3.40. The van der Waals surface area contributed by atoms with Gasteiger partial charge in [-0.15, -0.1) is 0 Å². The van der Waals surface area contributed by atoms with E-state index in [1.54, 1.807) is 6.92 Å². The van der Waals surface area contributed by atoms with E-state index in [-0.39, 0.29) is 23.0 Å². The summed E-state index contributed by atoms with van der Waals surface area (Å²) in [6.07, 6.45) is 1.81. The molecule has 3 heterocycles. The van der Waals surface area contributed by atoms with Gasteiger partial charge in [-0.25, -0.2) is 4.79 Å². The molecule has 0 aromatic rings. The highest BCUT2D eigenvalue weighted by Gasteiger charge is 2.54. The topological polar surface area (TPSA) is 102 Å². The van der Waals surface area contributed by atoms with Crippen molar-refractivity contribution < 1.29 is 34.0 Å². The molecule has 27 heavy (non-hydrogen) atoms. The number of aliphatic hydroxyl groups excluding tert-OH is 1.